The van der Waals surface area contributed by atoms with E-state index in [1.54, 1.807) is 47.8 Å². The molecule has 0 N–H and O–H groups in total. The number of ether oxygens (including phenoxy) is 1. The monoisotopic (exact) mass is 548 g/mol. The first-order valence-corrected chi connectivity index (χ1v) is 14.1. The van der Waals surface area contributed by atoms with Gasteiger partial charge < -0.3 is 9.64 Å². The second-order valence-electron chi connectivity index (χ2n) is 10.6. The predicted molar refractivity (Wildman–Crippen MR) is 143 cm³/mol. The minimum absolute atomic E-state index is 0.0130. The highest BCUT2D eigenvalue weighted by Gasteiger charge is 2.28. The zero-order valence-corrected chi connectivity index (χ0v) is 22.6. The second-order valence-corrected chi connectivity index (χ2v) is 12.3. The molecule has 1 saturated heterocycles. The third kappa shape index (κ3) is 4.62. The maximum absolute atomic E-state index is 13.6. The Balaban J connectivity index is 1.24. The van der Waals surface area contributed by atoms with Crippen LogP contribution < -0.4 is 0 Å². The maximum Gasteiger partial charge on any atom is 0.410 e. The summed E-state index contributed by atoms with van der Waals surface area (Å²) in [6.07, 6.45) is 11.0. The Morgan fingerprint density at radius 2 is 1.79 bits per heavy atom. The van der Waals surface area contributed by atoms with Gasteiger partial charge in [0.25, 0.3) is 0 Å². The lowest BCUT2D eigenvalue weighted by atomic mass is 10.1. The molecule has 13 heteroatoms. The number of piperidine rings is 1. The number of imidazole rings is 1. The molecule has 6 rings (SSSR count). The van der Waals surface area contributed by atoms with Crippen molar-refractivity contribution in [2.45, 2.75) is 50.3 Å². The van der Waals surface area contributed by atoms with Crippen molar-refractivity contribution in [2.24, 2.45) is 0 Å². The van der Waals surface area contributed by atoms with Crippen molar-refractivity contribution < 1.29 is 17.9 Å². The molecule has 5 aromatic heterocycles. The molecular weight excluding hydrogens is 520 g/mol. The Morgan fingerprint density at radius 1 is 1.00 bits per heavy atom. The van der Waals surface area contributed by atoms with Crippen LogP contribution in [0.15, 0.2) is 66.5 Å². The Bertz CT molecular complexity index is 1790. The number of likely N-dealkylation sites (tertiary alicyclic amines) is 1. The van der Waals surface area contributed by atoms with E-state index in [2.05, 4.69) is 20.2 Å². The van der Waals surface area contributed by atoms with E-state index in [1.165, 1.54) is 16.8 Å². The number of pyridine rings is 2. The first kappa shape index (κ1) is 25.0. The molecule has 0 aromatic carbocycles. The zero-order valence-electron chi connectivity index (χ0n) is 21.8. The predicted octanol–water partition coefficient (Wildman–Crippen LogP) is 3.75. The molecule has 1 aliphatic heterocycles. The first-order valence-electron chi connectivity index (χ1n) is 12.6. The number of hydrogen-bond acceptors (Lipinski definition) is 8. The maximum atomic E-state index is 13.6. The van der Waals surface area contributed by atoms with Crippen molar-refractivity contribution in [2.75, 3.05) is 13.1 Å². The van der Waals surface area contributed by atoms with Gasteiger partial charge in [-0.15, -0.1) is 0 Å². The van der Waals surface area contributed by atoms with Gasteiger partial charge >= 0.3 is 16.1 Å². The molecule has 12 nitrogen and oxygen atoms in total. The number of carbonyl (C=O) groups is 1. The summed E-state index contributed by atoms with van der Waals surface area (Å²) in [6, 6.07) is 7.16. The van der Waals surface area contributed by atoms with E-state index >= 15 is 0 Å². The molecule has 1 amide bonds. The molecule has 0 radical (unpaired) electrons. The molecule has 39 heavy (non-hydrogen) atoms. The molecule has 0 unspecified atom stereocenters. The van der Waals surface area contributed by atoms with Crippen molar-refractivity contribution in [1.82, 2.24) is 38.2 Å². The van der Waals surface area contributed by atoms with E-state index in [0.29, 0.717) is 29.8 Å². The van der Waals surface area contributed by atoms with Crippen molar-refractivity contribution >= 4 is 32.8 Å². The summed E-state index contributed by atoms with van der Waals surface area (Å²) in [5, 5.41) is 8.72. The number of hydrogen-bond donors (Lipinski definition) is 0. The van der Waals surface area contributed by atoms with E-state index in [-0.39, 0.29) is 17.2 Å². The van der Waals surface area contributed by atoms with Crippen LogP contribution in [0.1, 0.15) is 39.7 Å². The molecule has 1 aliphatic rings. The molecular formula is C26H28N8O4S. The largest absolute Gasteiger partial charge is 0.444 e. The van der Waals surface area contributed by atoms with Crippen molar-refractivity contribution in [1.29, 1.82) is 0 Å². The van der Waals surface area contributed by atoms with Crippen molar-refractivity contribution in [3.63, 3.8) is 0 Å². The summed E-state index contributed by atoms with van der Waals surface area (Å²) in [5.74, 6) is 0. The standard InChI is InChI=1S/C26H28N8O4S/c1-26(2,3)38-25(35)31-10-7-20(8-11-31)33-17-19(14-29-33)18-12-22-21(27-13-18)15-30-34(22)39(36,37)24-16-28-23-6-4-5-9-32(23)24/h4-6,9,12-17,20H,7-8,10-11H2,1-3H3. The molecule has 6 heterocycles. The van der Waals surface area contributed by atoms with Crippen LogP contribution in [-0.2, 0) is 14.8 Å². The van der Waals surface area contributed by atoms with Gasteiger partial charge in [0, 0.05) is 42.8 Å². The summed E-state index contributed by atoms with van der Waals surface area (Å²) < 4.78 is 37.0. The van der Waals surface area contributed by atoms with Crippen LogP contribution in [0, 0.1) is 0 Å². The lowest BCUT2D eigenvalue weighted by Gasteiger charge is -2.33. The van der Waals surface area contributed by atoms with Gasteiger partial charge in [-0.3, -0.25) is 14.1 Å². The number of amides is 1. The van der Waals surface area contributed by atoms with Crippen LogP contribution in [-0.4, -0.2) is 71.4 Å². The Kier molecular flexibility index (Phi) is 5.90. The highest BCUT2D eigenvalue weighted by molar-refractivity contribution is 7.90. The van der Waals surface area contributed by atoms with Crippen molar-refractivity contribution in [3.8, 4) is 11.1 Å². The average Bonchev–Trinajstić information content (AvgIpc) is 3.66. The van der Waals surface area contributed by atoms with Gasteiger partial charge in [-0.05, 0) is 51.8 Å². The highest BCUT2D eigenvalue weighted by Crippen LogP contribution is 2.28. The van der Waals surface area contributed by atoms with Gasteiger partial charge in [0.2, 0.25) is 0 Å². The molecule has 0 saturated carbocycles. The lowest BCUT2D eigenvalue weighted by Crippen LogP contribution is -2.42. The lowest BCUT2D eigenvalue weighted by molar-refractivity contribution is 0.0184. The quantitative estimate of drug-likeness (QED) is 0.332. The molecule has 0 aliphatic carbocycles. The van der Waals surface area contributed by atoms with Gasteiger partial charge in [0.15, 0.2) is 5.03 Å². The highest BCUT2D eigenvalue weighted by atomic mass is 32.2. The summed E-state index contributed by atoms with van der Waals surface area (Å²) >= 11 is 0. The first-order chi connectivity index (χ1) is 18.6. The minimum atomic E-state index is -4.04. The summed E-state index contributed by atoms with van der Waals surface area (Å²) in [5.41, 5.74) is 2.33. The normalized spacial score (nSPS) is 15.3. The van der Waals surface area contributed by atoms with Crippen LogP contribution in [0.3, 0.4) is 0 Å². The molecule has 0 bridgehead atoms. The van der Waals surface area contributed by atoms with Gasteiger partial charge in [-0.25, -0.2) is 9.78 Å². The van der Waals surface area contributed by atoms with Crippen LogP contribution in [0.4, 0.5) is 4.79 Å². The van der Waals surface area contributed by atoms with Crippen molar-refractivity contribution in [3.05, 3.63) is 61.4 Å². The number of carbonyl (C=O) groups excluding carboxylic acids is 1. The summed E-state index contributed by atoms with van der Waals surface area (Å²) in [4.78, 5) is 22.8. The molecule has 202 valence electrons. The fourth-order valence-corrected chi connectivity index (χ4v) is 6.09. The summed E-state index contributed by atoms with van der Waals surface area (Å²) in [7, 11) is -4.04. The number of aromatic nitrogens is 7. The Hall–Kier alpha value is -4.26. The topological polar surface area (TPSA) is 130 Å². The number of nitrogens with zero attached hydrogens (tertiary/aromatic N) is 8. The number of rotatable bonds is 4. The smallest absolute Gasteiger partial charge is 0.410 e. The van der Waals surface area contributed by atoms with E-state index in [1.807, 2.05) is 31.6 Å². The van der Waals surface area contributed by atoms with Crippen LogP contribution in [0.5, 0.6) is 0 Å². The van der Waals surface area contributed by atoms with Crippen LogP contribution in [0.2, 0.25) is 0 Å². The van der Waals surface area contributed by atoms with Crippen LogP contribution in [0.25, 0.3) is 27.8 Å². The van der Waals surface area contributed by atoms with Gasteiger partial charge in [0.05, 0.1) is 24.6 Å². The van der Waals surface area contributed by atoms with Gasteiger partial charge in [0.1, 0.15) is 22.3 Å². The zero-order chi connectivity index (χ0) is 27.4. The molecule has 0 atom stereocenters. The fourth-order valence-electron chi connectivity index (χ4n) is 4.75. The average molecular weight is 549 g/mol. The van der Waals surface area contributed by atoms with E-state index in [0.717, 1.165) is 28.1 Å². The Labute approximate surface area is 224 Å². The third-order valence-corrected chi connectivity index (χ3v) is 8.27. The number of fused-ring (bicyclic) bond motifs is 2. The molecule has 1 fully saturated rings. The van der Waals surface area contributed by atoms with Crippen LogP contribution >= 0.6 is 0 Å². The van der Waals surface area contributed by atoms with E-state index < -0.39 is 15.6 Å². The second kappa shape index (κ2) is 9.19. The SMILES string of the molecule is CC(C)(C)OC(=O)N1CCC(n2cc(-c3cnc4cnn(S(=O)(=O)c5cnc6ccccn56)c4c3)cn2)CC1. The minimum Gasteiger partial charge on any atom is -0.444 e. The summed E-state index contributed by atoms with van der Waals surface area (Å²) in [6.45, 7) is 6.75. The van der Waals surface area contributed by atoms with E-state index in [4.69, 9.17) is 4.74 Å². The molecule has 5 aromatic rings. The Morgan fingerprint density at radius 3 is 2.56 bits per heavy atom. The van der Waals surface area contributed by atoms with Gasteiger partial charge in [-0.1, -0.05) is 6.07 Å². The molecule has 0 spiro atoms. The third-order valence-electron chi connectivity index (χ3n) is 6.69. The van der Waals surface area contributed by atoms with E-state index in [9.17, 15) is 13.2 Å². The fraction of sp³-hybridized carbons (Fsp3) is 0.346. The van der Waals surface area contributed by atoms with Gasteiger partial charge in [-0.2, -0.15) is 22.7 Å².